The summed E-state index contributed by atoms with van der Waals surface area (Å²) < 4.78 is 0. The van der Waals surface area contributed by atoms with Crippen LogP contribution in [0, 0.1) is 17.8 Å². The number of carbonyl (C=O) groups excluding carboxylic acids is 1. The van der Waals surface area contributed by atoms with Gasteiger partial charge in [0.1, 0.15) is 0 Å². The average molecular weight is 246 g/mol. The minimum absolute atomic E-state index is 0.103. The fraction of sp³-hybridized carbons (Fsp3) is 0.538. The molecule has 5 nitrogen and oxygen atoms in total. The quantitative estimate of drug-likeness (QED) is 0.713. The lowest BCUT2D eigenvalue weighted by molar-refractivity contribution is -0.125. The Kier molecular flexibility index (Phi) is 2.70. The van der Waals surface area contributed by atoms with E-state index in [1.165, 1.54) is 0 Å². The Balaban J connectivity index is 1.56. The zero-order chi connectivity index (χ0) is 12.7. The van der Waals surface area contributed by atoms with Gasteiger partial charge in [0.05, 0.1) is 12.2 Å². The van der Waals surface area contributed by atoms with Crippen LogP contribution in [0.1, 0.15) is 18.5 Å². The van der Waals surface area contributed by atoms with Crippen LogP contribution in [0.4, 0.5) is 5.69 Å². The molecule has 5 N–H and O–H groups in total. The summed E-state index contributed by atoms with van der Waals surface area (Å²) in [7, 11) is 0. The molecule has 0 spiro atoms. The van der Waals surface area contributed by atoms with Crippen molar-refractivity contribution in [2.24, 2.45) is 23.5 Å². The Bertz CT molecular complexity index is 476. The number of nitrogen functional groups attached to an aromatic ring is 1. The molecule has 5 heteroatoms. The van der Waals surface area contributed by atoms with Crippen molar-refractivity contribution in [3.8, 4) is 0 Å². The standard InChI is InChI=1S/C13H18N4O/c14-7-1-2-16-8(3-7)6-17-13(18)11-5-12(15)10-4-9(10)11/h1-3,9-12H,4-6,15H2,(H2,14,16)(H,17,18)/t9-,10+,11-,12+/m0/s1. The van der Waals surface area contributed by atoms with Gasteiger partial charge in [0.25, 0.3) is 0 Å². The molecule has 4 atom stereocenters. The molecular weight excluding hydrogens is 228 g/mol. The van der Waals surface area contributed by atoms with Crippen molar-refractivity contribution in [1.82, 2.24) is 10.3 Å². The number of fused-ring (bicyclic) bond motifs is 1. The maximum atomic E-state index is 12.1. The van der Waals surface area contributed by atoms with E-state index in [0.29, 0.717) is 24.1 Å². The Morgan fingerprint density at radius 3 is 2.89 bits per heavy atom. The monoisotopic (exact) mass is 246 g/mol. The highest BCUT2D eigenvalue weighted by molar-refractivity contribution is 5.80. The largest absolute Gasteiger partial charge is 0.399 e. The fourth-order valence-electron chi connectivity index (χ4n) is 3.04. The van der Waals surface area contributed by atoms with Crippen LogP contribution in [0.2, 0.25) is 0 Å². The minimum atomic E-state index is 0.103. The third kappa shape index (κ3) is 2.06. The summed E-state index contributed by atoms with van der Waals surface area (Å²) in [5.74, 6) is 1.32. The zero-order valence-electron chi connectivity index (χ0n) is 10.2. The van der Waals surface area contributed by atoms with Crippen LogP contribution < -0.4 is 16.8 Å². The summed E-state index contributed by atoms with van der Waals surface area (Å²) in [5, 5.41) is 2.93. The number of aromatic nitrogens is 1. The number of nitrogens with two attached hydrogens (primary N) is 2. The second-order valence-electron chi connectivity index (χ2n) is 5.37. The van der Waals surface area contributed by atoms with Gasteiger partial charge in [0.2, 0.25) is 5.91 Å². The van der Waals surface area contributed by atoms with Gasteiger partial charge in [-0.15, -0.1) is 0 Å². The average Bonchev–Trinajstić information content (AvgIpc) is 3.07. The zero-order valence-corrected chi connectivity index (χ0v) is 10.2. The van der Waals surface area contributed by atoms with Crippen LogP contribution in [0.5, 0.6) is 0 Å². The SMILES string of the molecule is Nc1ccnc(CNC(=O)[C@H]2C[C@@H](N)[C@@H]3C[C@@H]32)c1. The molecule has 0 radical (unpaired) electrons. The highest BCUT2D eigenvalue weighted by Gasteiger charge is 2.55. The number of pyridine rings is 1. The van der Waals surface area contributed by atoms with Crippen LogP contribution in [0.3, 0.4) is 0 Å². The van der Waals surface area contributed by atoms with Crippen LogP contribution in [0.15, 0.2) is 18.3 Å². The van der Waals surface area contributed by atoms with Gasteiger partial charge in [-0.05, 0) is 36.8 Å². The molecule has 18 heavy (non-hydrogen) atoms. The van der Waals surface area contributed by atoms with Crippen LogP contribution in [0.25, 0.3) is 0 Å². The predicted octanol–water partition coefficient (Wildman–Crippen LogP) is 0.263. The number of rotatable bonds is 3. The van der Waals surface area contributed by atoms with E-state index in [9.17, 15) is 4.79 Å². The number of nitrogens with one attached hydrogen (secondary N) is 1. The molecule has 3 rings (SSSR count). The number of hydrogen-bond acceptors (Lipinski definition) is 4. The molecule has 1 heterocycles. The van der Waals surface area contributed by atoms with Crippen molar-refractivity contribution in [2.75, 3.05) is 5.73 Å². The first-order valence-electron chi connectivity index (χ1n) is 6.39. The van der Waals surface area contributed by atoms with Gasteiger partial charge in [-0.3, -0.25) is 9.78 Å². The molecule has 0 unspecified atom stereocenters. The molecule has 0 aliphatic heterocycles. The van der Waals surface area contributed by atoms with Crippen LogP contribution in [-0.4, -0.2) is 16.9 Å². The number of anilines is 1. The van der Waals surface area contributed by atoms with E-state index in [1.54, 1.807) is 18.3 Å². The molecule has 1 amide bonds. The number of hydrogen-bond donors (Lipinski definition) is 3. The molecule has 2 aliphatic carbocycles. The van der Waals surface area contributed by atoms with Crippen molar-refractivity contribution in [3.05, 3.63) is 24.0 Å². The predicted molar refractivity (Wildman–Crippen MR) is 68.2 cm³/mol. The third-order valence-electron chi connectivity index (χ3n) is 4.11. The van der Waals surface area contributed by atoms with E-state index in [4.69, 9.17) is 11.5 Å². The molecule has 2 saturated carbocycles. The Hall–Kier alpha value is -1.62. The number of amides is 1. The maximum absolute atomic E-state index is 12.1. The van der Waals surface area contributed by atoms with Gasteiger partial charge in [-0.2, -0.15) is 0 Å². The molecule has 96 valence electrons. The van der Waals surface area contributed by atoms with E-state index in [0.717, 1.165) is 18.5 Å². The van der Waals surface area contributed by atoms with Crippen molar-refractivity contribution in [3.63, 3.8) is 0 Å². The summed E-state index contributed by atoms with van der Waals surface area (Å²) in [5.41, 5.74) is 13.1. The smallest absolute Gasteiger partial charge is 0.223 e. The summed E-state index contributed by atoms with van der Waals surface area (Å²) >= 11 is 0. The molecule has 0 bridgehead atoms. The fourth-order valence-corrected chi connectivity index (χ4v) is 3.04. The molecular formula is C13H18N4O. The van der Waals surface area contributed by atoms with Crippen LogP contribution >= 0.6 is 0 Å². The summed E-state index contributed by atoms with van der Waals surface area (Å²) in [6, 6.07) is 3.73. The summed E-state index contributed by atoms with van der Waals surface area (Å²) in [6.07, 6.45) is 3.60. The van der Waals surface area contributed by atoms with Crippen molar-refractivity contribution in [1.29, 1.82) is 0 Å². The topological polar surface area (TPSA) is 94.0 Å². The lowest BCUT2D eigenvalue weighted by Gasteiger charge is -2.13. The highest BCUT2D eigenvalue weighted by atomic mass is 16.1. The molecule has 2 aliphatic rings. The number of carbonyl (C=O) groups is 1. The summed E-state index contributed by atoms with van der Waals surface area (Å²) in [4.78, 5) is 16.2. The molecule has 0 saturated heterocycles. The van der Waals surface area contributed by atoms with Gasteiger partial charge < -0.3 is 16.8 Å². The first-order valence-corrected chi connectivity index (χ1v) is 6.39. The first kappa shape index (κ1) is 11.5. The Labute approximate surface area is 106 Å². The van der Waals surface area contributed by atoms with Crippen molar-refractivity contribution >= 4 is 11.6 Å². The van der Waals surface area contributed by atoms with E-state index in [2.05, 4.69) is 10.3 Å². The molecule has 1 aromatic rings. The second kappa shape index (κ2) is 4.24. The number of nitrogens with zero attached hydrogens (tertiary/aromatic N) is 1. The normalized spacial score (nSPS) is 32.9. The lowest BCUT2D eigenvalue weighted by atomic mass is 10.0. The van der Waals surface area contributed by atoms with Gasteiger partial charge in [-0.25, -0.2) is 0 Å². The van der Waals surface area contributed by atoms with E-state index < -0.39 is 0 Å². The first-order chi connectivity index (χ1) is 8.65. The maximum Gasteiger partial charge on any atom is 0.223 e. The molecule has 1 aromatic heterocycles. The third-order valence-corrected chi connectivity index (χ3v) is 4.11. The second-order valence-corrected chi connectivity index (χ2v) is 5.37. The van der Waals surface area contributed by atoms with E-state index in [-0.39, 0.29) is 17.9 Å². The van der Waals surface area contributed by atoms with Gasteiger partial charge >= 0.3 is 0 Å². The van der Waals surface area contributed by atoms with E-state index >= 15 is 0 Å². The lowest BCUT2D eigenvalue weighted by Crippen LogP contribution is -2.32. The molecule has 0 aromatic carbocycles. The van der Waals surface area contributed by atoms with Gasteiger partial charge in [-0.1, -0.05) is 0 Å². The van der Waals surface area contributed by atoms with Gasteiger partial charge in [0, 0.05) is 23.8 Å². The molecule has 2 fully saturated rings. The van der Waals surface area contributed by atoms with Crippen molar-refractivity contribution < 1.29 is 4.79 Å². The van der Waals surface area contributed by atoms with Crippen LogP contribution in [-0.2, 0) is 11.3 Å². The highest BCUT2D eigenvalue weighted by Crippen LogP contribution is 2.54. The minimum Gasteiger partial charge on any atom is -0.399 e. The summed E-state index contributed by atoms with van der Waals surface area (Å²) in [6.45, 7) is 0.437. The van der Waals surface area contributed by atoms with E-state index in [1.807, 2.05) is 0 Å². The van der Waals surface area contributed by atoms with Crippen molar-refractivity contribution in [2.45, 2.75) is 25.4 Å². The Morgan fingerprint density at radius 2 is 2.28 bits per heavy atom. The Morgan fingerprint density at radius 1 is 1.44 bits per heavy atom. The van der Waals surface area contributed by atoms with Gasteiger partial charge in [0.15, 0.2) is 0 Å².